The van der Waals surface area contributed by atoms with E-state index in [4.69, 9.17) is 0 Å². The monoisotopic (exact) mass is 258 g/mol. The van der Waals surface area contributed by atoms with E-state index in [-0.39, 0.29) is 11.7 Å². The molecule has 2 rings (SSSR count). The molecule has 1 nitrogen and oxygen atoms in total. The van der Waals surface area contributed by atoms with E-state index in [1.165, 1.54) is 5.56 Å². The summed E-state index contributed by atoms with van der Waals surface area (Å²) in [5.74, 6) is 0.673. The zero-order valence-corrected chi connectivity index (χ0v) is 11.8. The van der Waals surface area contributed by atoms with Gasteiger partial charge in [0.25, 0.3) is 0 Å². The minimum Gasteiger partial charge on any atom is -0.293 e. The Bertz CT molecular complexity index is 525. The van der Waals surface area contributed by atoms with Gasteiger partial charge < -0.3 is 0 Å². The largest absolute Gasteiger partial charge is 0.293 e. The van der Waals surface area contributed by atoms with Crippen molar-refractivity contribution in [2.24, 2.45) is 0 Å². The van der Waals surface area contributed by atoms with E-state index in [0.29, 0.717) is 5.92 Å². The molecule has 94 valence electrons. The summed E-state index contributed by atoms with van der Waals surface area (Å²) in [5.41, 5.74) is 2.12. The Hall–Kier alpha value is -1.41. The maximum atomic E-state index is 12.3. The van der Waals surface area contributed by atoms with E-state index >= 15 is 0 Å². The van der Waals surface area contributed by atoms with Gasteiger partial charge in [0, 0.05) is 10.4 Å². The van der Waals surface area contributed by atoms with Gasteiger partial charge >= 0.3 is 0 Å². The second-order valence-electron chi connectivity index (χ2n) is 4.89. The fraction of sp³-hybridized carbons (Fsp3) is 0.312. The van der Waals surface area contributed by atoms with Crippen molar-refractivity contribution < 1.29 is 4.79 Å². The van der Waals surface area contributed by atoms with Crippen LogP contribution in [-0.4, -0.2) is 5.78 Å². The number of benzene rings is 1. The summed E-state index contributed by atoms with van der Waals surface area (Å²) in [6.45, 7) is 6.34. The van der Waals surface area contributed by atoms with Gasteiger partial charge in [0.15, 0.2) is 5.78 Å². The van der Waals surface area contributed by atoms with Gasteiger partial charge in [-0.2, -0.15) is 0 Å². The minimum absolute atomic E-state index is 0.0510. The summed E-state index contributed by atoms with van der Waals surface area (Å²) in [6.07, 6.45) is 0. The summed E-state index contributed by atoms with van der Waals surface area (Å²) in [6, 6.07) is 11.7. The number of carbonyl (C=O) groups is 1. The molecule has 0 aliphatic carbocycles. The second kappa shape index (κ2) is 5.49. The molecule has 18 heavy (non-hydrogen) atoms. The van der Waals surface area contributed by atoms with Crippen molar-refractivity contribution in [3.63, 3.8) is 0 Å². The van der Waals surface area contributed by atoms with Crippen molar-refractivity contribution in [2.75, 3.05) is 0 Å². The predicted octanol–water partition coefficient (Wildman–Crippen LogP) is 4.86. The highest BCUT2D eigenvalue weighted by molar-refractivity contribution is 7.10. The lowest BCUT2D eigenvalue weighted by molar-refractivity contribution is 0.0967. The van der Waals surface area contributed by atoms with Crippen LogP contribution in [0.1, 0.15) is 53.4 Å². The molecule has 0 N–H and O–H groups in total. The standard InChI is InChI=1S/C16H18OS/c1-11(2)14-9-15(18-10-14)12(3)16(17)13-7-5-4-6-8-13/h4-12H,1-3H3. The molecule has 2 heteroatoms. The van der Waals surface area contributed by atoms with E-state index in [1.54, 1.807) is 11.3 Å². The van der Waals surface area contributed by atoms with Crippen molar-refractivity contribution in [2.45, 2.75) is 32.6 Å². The lowest BCUT2D eigenvalue weighted by Gasteiger charge is -2.08. The number of Topliss-reactive ketones (excluding diaryl/α,β-unsaturated/α-hetero) is 1. The summed E-state index contributed by atoms with van der Waals surface area (Å²) in [7, 11) is 0. The minimum atomic E-state index is -0.0510. The van der Waals surface area contributed by atoms with E-state index < -0.39 is 0 Å². The Morgan fingerprint density at radius 1 is 1.11 bits per heavy atom. The summed E-state index contributed by atoms with van der Waals surface area (Å²) in [4.78, 5) is 13.5. The Morgan fingerprint density at radius 2 is 1.78 bits per heavy atom. The van der Waals surface area contributed by atoms with Crippen LogP contribution >= 0.6 is 11.3 Å². The van der Waals surface area contributed by atoms with Crippen molar-refractivity contribution in [1.82, 2.24) is 0 Å². The average Bonchev–Trinajstić information content (AvgIpc) is 2.88. The number of rotatable bonds is 4. The van der Waals surface area contributed by atoms with E-state index in [1.807, 2.05) is 37.3 Å². The number of hydrogen-bond acceptors (Lipinski definition) is 2. The van der Waals surface area contributed by atoms with Crippen molar-refractivity contribution in [3.05, 3.63) is 57.8 Å². The van der Waals surface area contributed by atoms with Gasteiger partial charge in [0.05, 0.1) is 5.92 Å². The highest BCUT2D eigenvalue weighted by Gasteiger charge is 2.19. The Labute approximate surface area is 112 Å². The molecule has 0 spiro atoms. The molecule has 0 radical (unpaired) electrons. The topological polar surface area (TPSA) is 17.1 Å². The number of ketones is 1. The molecule has 0 bridgehead atoms. The van der Waals surface area contributed by atoms with E-state index in [2.05, 4.69) is 25.3 Å². The Kier molecular flexibility index (Phi) is 3.97. The first-order chi connectivity index (χ1) is 8.59. The molecule has 1 atom stereocenters. The fourth-order valence-corrected chi connectivity index (χ4v) is 3.01. The summed E-state index contributed by atoms with van der Waals surface area (Å²) < 4.78 is 0. The van der Waals surface area contributed by atoms with E-state index in [0.717, 1.165) is 10.4 Å². The third kappa shape index (κ3) is 2.70. The lowest BCUT2D eigenvalue weighted by Crippen LogP contribution is -2.08. The molecule has 1 heterocycles. The van der Waals surface area contributed by atoms with Crippen molar-refractivity contribution in [1.29, 1.82) is 0 Å². The normalized spacial score (nSPS) is 12.7. The highest BCUT2D eigenvalue weighted by Crippen LogP contribution is 2.29. The number of carbonyl (C=O) groups excluding carboxylic acids is 1. The quantitative estimate of drug-likeness (QED) is 0.716. The molecule has 1 aromatic carbocycles. The van der Waals surface area contributed by atoms with Gasteiger partial charge in [-0.1, -0.05) is 51.1 Å². The van der Waals surface area contributed by atoms with E-state index in [9.17, 15) is 4.79 Å². The zero-order valence-electron chi connectivity index (χ0n) is 11.0. The van der Waals surface area contributed by atoms with Crippen LogP contribution in [0.4, 0.5) is 0 Å². The van der Waals surface area contributed by atoms with Crippen LogP contribution in [-0.2, 0) is 0 Å². The molecular formula is C16H18OS. The van der Waals surface area contributed by atoms with Gasteiger partial charge in [-0.15, -0.1) is 11.3 Å². The summed E-state index contributed by atoms with van der Waals surface area (Å²) in [5, 5.41) is 2.16. The van der Waals surface area contributed by atoms with Crippen LogP contribution in [0.2, 0.25) is 0 Å². The van der Waals surface area contributed by atoms with Crippen LogP contribution in [0.5, 0.6) is 0 Å². The molecule has 0 saturated carbocycles. The van der Waals surface area contributed by atoms with Crippen LogP contribution in [0.3, 0.4) is 0 Å². The first-order valence-corrected chi connectivity index (χ1v) is 7.15. The maximum absolute atomic E-state index is 12.3. The average molecular weight is 258 g/mol. The smallest absolute Gasteiger partial charge is 0.170 e. The molecule has 0 fully saturated rings. The van der Waals surface area contributed by atoms with Gasteiger partial charge in [-0.3, -0.25) is 4.79 Å². The molecule has 1 unspecified atom stereocenters. The highest BCUT2D eigenvalue weighted by atomic mass is 32.1. The first-order valence-electron chi connectivity index (χ1n) is 6.27. The maximum Gasteiger partial charge on any atom is 0.170 e. The van der Waals surface area contributed by atoms with Crippen LogP contribution in [0.25, 0.3) is 0 Å². The van der Waals surface area contributed by atoms with Crippen LogP contribution in [0, 0.1) is 0 Å². The molecular weight excluding hydrogens is 240 g/mol. The summed E-state index contributed by atoms with van der Waals surface area (Å²) >= 11 is 1.69. The SMILES string of the molecule is CC(C)c1csc(C(C)C(=O)c2ccccc2)c1. The Balaban J connectivity index is 2.20. The van der Waals surface area contributed by atoms with Crippen molar-refractivity contribution >= 4 is 17.1 Å². The molecule has 0 aliphatic rings. The molecule has 0 saturated heterocycles. The van der Waals surface area contributed by atoms with Crippen molar-refractivity contribution in [3.8, 4) is 0 Å². The molecule has 1 aromatic heterocycles. The zero-order chi connectivity index (χ0) is 13.1. The van der Waals surface area contributed by atoms with Crippen LogP contribution < -0.4 is 0 Å². The third-order valence-corrected chi connectivity index (χ3v) is 4.32. The second-order valence-corrected chi connectivity index (χ2v) is 5.83. The third-order valence-electron chi connectivity index (χ3n) is 3.19. The number of hydrogen-bond donors (Lipinski definition) is 0. The fourth-order valence-electron chi connectivity index (χ4n) is 1.88. The number of thiophene rings is 1. The van der Waals surface area contributed by atoms with Gasteiger partial charge in [0.1, 0.15) is 0 Å². The molecule has 0 amide bonds. The van der Waals surface area contributed by atoms with Gasteiger partial charge in [-0.05, 0) is 22.9 Å². The lowest BCUT2D eigenvalue weighted by atomic mass is 9.96. The van der Waals surface area contributed by atoms with Gasteiger partial charge in [-0.25, -0.2) is 0 Å². The Morgan fingerprint density at radius 3 is 2.33 bits per heavy atom. The van der Waals surface area contributed by atoms with Crippen LogP contribution in [0.15, 0.2) is 41.8 Å². The molecule has 0 aliphatic heterocycles. The molecule has 2 aromatic rings. The van der Waals surface area contributed by atoms with Gasteiger partial charge in [0.2, 0.25) is 0 Å². The predicted molar refractivity (Wildman–Crippen MR) is 77.6 cm³/mol. The first kappa shape index (κ1) is 13.0.